The van der Waals surface area contributed by atoms with Crippen molar-refractivity contribution < 1.29 is 19.1 Å². The number of carbonyl (C=O) groups is 3. The Hall–Kier alpha value is -1.28. The van der Waals surface area contributed by atoms with Crippen LogP contribution in [0.3, 0.4) is 0 Å². The minimum Gasteiger partial charge on any atom is -0.379 e. The Morgan fingerprint density at radius 2 is 1.96 bits per heavy atom. The lowest BCUT2D eigenvalue weighted by Crippen LogP contribution is -2.37. The summed E-state index contributed by atoms with van der Waals surface area (Å²) in [6.07, 6.45) is 4.88. The molecule has 2 rings (SSSR count). The van der Waals surface area contributed by atoms with Gasteiger partial charge in [-0.1, -0.05) is 12.8 Å². The summed E-state index contributed by atoms with van der Waals surface area (Å²) in [4.78, 5) is 36.9. The first-order chi connectivity index (χ1) is 11.6. The van der Waals surface area contributed by atoms with Crippen LogP contribution in [0.15, 0.2) is 0 Å². The third-order valence-electron chi connectivity index (χ3n) is 4.40. The lowest BCUT2D eigenvalue weighted by atomic mass is 10.2. The first kappa shape index (κ1) is 19.1. The van der Waals surface area contributed by atoms with Gasteiger partial charge in [-0.3, -0.25) is 14.4 Å². The number of nitrogens with one attached hydrogen (secondary N) is 2. The van der Waals surface area contributed by atoms with Crippen LogP contribution in [0.4, 0.5) is 0 Å². The number of amides is 3. The highest BCUT2D eigenvalue weighted by molar-refractivity contribution is 8.00. The predicted octanol–water partition coefficient (Wildman–Crippen LogP) is 0.142. The Bertz CT molecular complexity index is 455. The maximum Gasteiger partial charge on any atom is 0.230 e. The van der Waals surface area contributed by atoms with E-state index in [9.17, 15) is 14.4 Å². The maximum absolute atomic E-state index is 11.8. The molecule has 0 aromatic carbocycles. The smallest absolute Gasteiger partial charge is 0.230 e. The second-order valence-corrected chi connectivity index (χ2v) is 7.28. The summed E-state index contributed by atoms with van der Waals surface area (Å²) in [5.74, 6) is 0.530. The third-order valence-corrected chi connectivity index (χ3v) is 5.34. The second kappa shape index (κ2) is 9.88. The van der Waals surface area contributed by atoms with Crippen molar-refractivity contribution in [2.45, 2.75) is 44.2 Å². The van der Waals surface area contributed by atoms with Crippen LogP contribution in [0.5, 0.6) is 0 Å². The zero-order valence-electron chi connectivity index (χ0n) is 14.2. The molecule has 7 nitrogen and oxygen atoms in total. The molecular weight excluding hydrogens is 330 g/mol. The number of rotatable bonds is 9. The van der Waals surface area contributed by atoms with E-state index < -0.39 is 0 Å². The van der Waals surface area contributed by atoms with E-state index in [0.29, 0.717) is 37.8 Å². The number of hydrogen-bond acceptors (Lipinski definition) is 5. The molecule has 0 spiro atoms. The Morgan fingerprint density at radius 3 is 2.62 bits per heavy atom. The summed E-state index contributed by atoms with van der Waals surface area (Å²) in [6.45, 7) is 1.51. The lowest BCUT2D eigenvalue weighted by Gasteiger charge is -2.16. The van der Waals surface area contributed by atoms with Crippen LogP contribution >= 0.6 is 11.8 Å². The van der Waals surface area contributed by atoms with E-state index in [-0.39, 0.29) is 29.6 Å². The molecule has 0 aromatic rings. The summed E-state index contributed by atoms with van der Waals surface area (Å²) < 4.78 is 5.17. The topological polar surface area (TPSA) is 87.7 Å². The first-order valence-corrected chi connectivity index (χ1v) is 9.68. The largest absolute Gasteiger partial charge is 0.379 e. The van der Waals surface area contributed by atoms with Gasteiger partial charge in [0.15, 0.2) is 0 Å². The monoisotopic (exact) mass is 357 g/mol. The Labute approximate surface area is 147 Å². The molecule has 2 N–H and O–H groups in total. The molecule has 24 heavy (non-hydrogen) atoms. The molecule has 3 amide bonds. The van der Waals surface area contributed by atoms with E-state index in [1.165, 1.54) is 24.6 Å². The minimum absolute atomic E-state index is 0.00738. The van der Waals surface area contributed by atoms with Gasteiger partial charge in [-0.05, 0) is 12.8 Å². The van der Waals surface area contributed by atoms with Crippen LogP contribution in [0.2, 0.25) is 0 Å². The summed E-state index contributed by atoms with van der Waals surface area (Å²) in [7, 11) is 1.60. The Kier molecular flexibility index (Phi) is 7.84. The molecule has 2 aliphatic rings. The van der Waals surface area contributed by atoms with Gasteiger partial charge in [-0.15, -0.1) is 11.8 Å². The SMILES string of the molecule is CO[C@@H]1CC(=O)N(CCNC(=O)CSCC(=O)NC2CCCC2)C1. The highest BCUT2D eigenvalue weighted by Crippen LogP contribution is 2.17. The molecule has 1 aliphatic carbocycles. The van der Waals surface area contributed by atoms with E-state index >= 15 is 0 Å². The molecule has 0 aromatic heterocycles. The van der Waals surface area contributed by atoms with Gasteiger partial charge in [-0.2, -0.15) is 0 Å². The average Bonchev–Trinajstić information content (AvgIpc) is 3.17. The fourth-order valence-electron chi connectivity index (χ4n) is 3.07. The lowest BCUT2D eigenvalue weighted by molar-refractivity contribution is -0.128. The molecule has 1 atom stereocenters. The number of methoxy groups -OCH3 is 1. The van der Waals surface area contributed by atoms with Crippen LogP contribution in [0.25, 0.3) is 0 Å². The summed E-state index contributed by atoms with van der Waals surface area (Å²) in [6, 6.07) is 0.320. The Balaban J connectivity index is 1.50. The normalized spacial score (nSPS) is 21.3. The van der Waals surface area contributed by atoms with E-state index in [1.54, 1.807) is 12.0 Å². The summed E-state index contributed by atoms with van der Waals surface area (Å²) >= 11 is 1.32. The van der Waals surface area contributed by atoms with Crippen LogP contribution in [0, 0.1) is 0 Å². The minimum atomic E-state index is -0.108. The standard InChI is InChI=1S/C16H27N3O4S/c1-23-13-8-16(22)19(9-13)7-6-17-14(20)10-24-11-15(21)18-12-4-2-3-5-12/h12-13H,2-11H2,1H3,(H,17,20)(H,18,21)/t13-/m1/s1. The molecule has 0 bridgehead atoms. The average molecular weight is 357 g/mol. The summed E-state index contributed by atoms with van der Waals surface area (Å²) in [5.41, 5.74) is 0. The van der Waals surface area contributed by atoms with Crippen molar-refractivity contribution in [3.05, 3.63) is 0 Å². The van der Waals surface area contributed by atoms with Gasteiger partial charge < -0.3 is 20.3 Å². The number of nitrogens with zero attached hydrogens (tertiary/aromatic N) is 1. The molecule has 1 saturated heterocycles. The number of carbonyl (C=O) groups excluding carboxylic acids is 3. The summed E-state index contributed by atoms with van der Waals surface area (Å²) in [5, 5.41) is 5.78. The van der Waals surface area contributed by atoms with Gasteiger partial charge >= 0.3 is 0 Å². The van der Waals surface area contributed by atoms with Crippen molar-refractivity contribution in [1.29, 1.82) is 0 Å². The molecule has 0 radical (unpaired) electrons. The Morgan fingerprint density at radius 1 is 1.25 bits per heavy atom. The molecule has 2 fully saturated rings. The third kappa shape index (κ3) is 6.32. The number of thioether (sulfide) groups is 1. The van der Waals surface area contributed by atoms with E-state index in [4.69, 9.17) is 4.74 Å². The second-order valence-electron chi connectivity index (χ2n) is 6.29. The first-order valence-electron chi connectivity index (χ1n) is 8.53. The van der Waals surface area contributed by atoms with Gasteiger partial charge in [0.2, 0.25) is 17.7 Å². The zero-order chi connectivity index (χ0) is 17.4. The highest BCUT2D eigenvalue weighted by atomic mass is 32.2. The molecular formula is C16H27N3O4S. The van der Waals surface area contributed by atoms with Crippen LogP contribution < -0.4 is 10.6 Å². The zero-order valence-corrected chi connectivity index (χ0v) is 15.0. The van der Waals surface area contributed by atoms with Crippen molar-refractivity contribution in [2.24, 2.45) is 0 Å². The van der Waals surface area contributed by atoms with Gasteiger partial charge in [0.05, 0.1) is 24.0 Å². The van der Waals surface area contributed by atoms with Crippen molar-refractivity contribution in [3.8, 4) is 0 Å². The molecule has 1 aliphatic heterocycles. The number of hydrogen-bond donors (Lipinski definition) is 2. The predicted molar refractivity (Wildman–Crippen MR) is 92.7 cm³/mol. The van der Waals surface area contributed by atoms with Crippen LogP contribution in [0.1, 0.15) is 32.1 Å². The quantitative estimate of drug-likeness (QED) is 0.613. The fraction of sp³-hybridized carbons (Fsp3) is 0.812. The van der Waals surface area contributed by atoms with Gasteiger partial charge in [-0.25, -0.2) is 0 Å². The fourth-order valence-corrected chi connectivity index (χ4v) is 3.73. The van der Waals surface area contributed by atoms with Gasteiger partial charge in [0.1, 0.15) is 0 Å². The van der Waals surface area contributed by atoms with Gasteiger partial charge in [0.25, 0.3) is 0 Å². The number of ether oxygens (including phenoxy) is 1. The van der Waals surface area contributed by atoms with Crippen molar-refractivity contribution >= 4 is 29.5 Å². The van der Waals surface area contributed by atoms with E-state index in [0.717, 1.165) is 12.8 Å². The molecule has 1 heterocycles. The maximum atomic E-state index is 11.8. The molecule has 0 unspecified atom stereocenters. The van der Waals surface area contributed by atoms with E-state index in [2.05, 4.69) is 10.6 Å². The van der Waals surface area contributed by atoms with Crippen molar-refractivity contribution in [1.82, 2.24) is 15.5 Å². The van der Waals surface area contributed by atoms with E-state index in [1.807, 2.05) is 0 Å². The van der Waals surface area contributed by atoms with Crippen molar-refractivity contribution in [2.75, 3.05) is 38.2 Å². The highest BCUT2D eigenvalue weighted by Gasteiger charge is 2.28. The number of likely N-dealkylation sites (tertiary alicyclic amines) is 1. The molecule has 8 heteroatoms. The molecule has 1 saturated carbocycles. The van der Waals surface area contributed by atoms with Crippen LogP contribution in [-0.2, 0) is 19.1 Å². The van der Waals surface area contributed by atoms with Crippen LogP contribution in [-0.4, -0.2) is 73.0 Å². The van der Waals surface area contributed by atoms with Gasteiger partial charge in [0, 0.05) is 32.8 Å². The van der Waals surface area contributed by atoms with Crippen molar-refractivity contribution in [3.63, 3.8) is 0 Å². The molecule has 136 valence electrons.